The number of nitrogens with zero attached hydrogens (tertiary/aromatic N) is 4. The average Bonchev–Trinajstić information content (AvgIpc) is 2.83. The van der Waals surface area contributed by atoms with Crippen molar-refractivity contribution in [2.75, 3.05) is 6.54 Å². The van der Waals surface area contributed by atoms with Gasteiger partial charge in [-0.3, -0.25) is 0 Å². The van der Waals surface area contributed by atoms with Crippen LogP contribution in [0.15, 0.2) is 24.3 Å². The fraction of sp³-hybridized carbons (Fsp3) is 0.462. The van der Waals surface area contributed by atoms with E-state index < -0.39 is 0 Å². The minimum absolute atomic E-state index is 0.720. The van der Waals surface area contributed by atoms with Gasteiger partial charge in [-0.25, -0.2) is 4.68 Å². The zero-order valence-corrected chi connectivity index (χ0v) is 10.9. The number of nitrogens with one attached hydrogen (secondary N) is 1. The van der Waals surface area contributed by atoms with Crippen molar-refractivity contribution in [3.63, 3.8) is 0 Å². The molecule has 1 heterocycles. The van der Waals surface area contributed by atoms with Crippen LogP contribution in [-0.4, -0.2) is 26.8 Å². The monoisotopic (exact) mass is 245 g/mol. The molecule has 0 saturated heterocycles. The van der Waals surface area contributed by atoms with E-state index in [1.165, 1.54) is 11.1 Å². The molecule has 18 heavy (non-hydrogen) atoms. The molecule has 0 aliphatic heterocycles. The van der Waals surface area contributed by atoms with Gasteiger partial charge in [0, 0.05) is 6.54 Å². The molecule has 2 rings (SSSR count). The van der Waals surface area contributed by atoms with Crippen molar-refractivity contribution in [1.29, 1.82) is 0 Å². The van der Waals surface area contributed by atoms with Crippen LogP contribution >= 0.6 is 0 Å². The summed E-state index contributed by atoms with van der Waals surface area (Å²) >= 11 is 0. The first kappa shape index (κ1) is 12.7. The highest BCUT2D eigenvalue weighted by atomic mass is 15.5. The van der Waals surface area contributed by atoms with Gasteiger partial charge in [0.25, 0.3) is 0 Å². The minimum atomic E-state index is 0.720. The third-order valence-corrected chi connectivity index (χ3v) is 2.99. The lowest BCUT2D eigenvalue weighted by molar-refractivity contribution is 0.545. The van der Waals surface area contributed by atoms with Crippen molar-refractivity contribution < 1.29 is 0 Å². The number of tetrazole rings is 1. The summed E-state index contributed by atoms with van der Waals surface area (Å²) in [6.45, 7) is 6.66. The fourth-order valence-electron chi connectivity index (χ4n) is 1.88. The molecular formula is C13H19N5. The predicted octanol–water partition coefficient (Wildman–Crippen LogP) is 1.33. The highest BCUT2D eigenvalue weighted by molar-refractivity contribution is 5.25. The van der Waals surface area contributed by atoms with Crippen LogP contribution in [0.3, 0.4) is 0 Å². The summed E-state index contributed by atoms with van der Waals surface area (Å²) in [7, 11) is 0. The van der Waals surface area contributed by atoms with E-state index in [4.69, 9.17) is 0 Å². The van der Waals surface area contributed by atoms with Crippen LogP contribution in [0, 0.1) is 6.92 Å². The van der Waals surface area contributed by atoms with Gasteiger partial charge in [-0.2, -0.15) is 0 Å². The molecule has 0 unspecified atom stereocenters. The Kier molecular flexibility index (Phi) is 4.41. The van der Waals surface area contributed by atoms with Crippen LogP contribution < -0.4 is 5.32 Å². The van der Waals surface area contributed by atoms with Crippen LogP contribution in [-0.2, 0) is 19.5 Å². The Morgan fingerprint density at radius 3 is 2.89 bits per heavy atom. The lowest BCUT2D eigenvalue weighted by Gasteiger charge is -2.07. The number of hydrogen-bond acceptors (Lipinski definition) is 4. The SMILES string of the molecule is CCNCc1nnnn1CCc1ccccc1C. The maximum atomic E-state index is 4.03. The maximum Gasteiger partial charge on any atom is 0.165 e. The molecule has 5 nitrogen and oxygen atoms in total. The van der Waals surface area contributed by atoms with Gasteiger partial charge < -0.3 is 5.32 Å². The largest absolute Gasteiger partial charge is 0.310 e. The van der Waals surface area contributed by atoms with Gasteiger partial charge in [0.2, 0.25) is 0 Å². The standard InChI is InChI=1S/C13H19N5/c1-3-14-10-13-15-16-17-18(13)9-8-12-7-5-4-6-11(12)2/h4-7,14H,3,8-10H2,1-2H3. The van der Waals surface area contributed by atoms with Crippen molar-refractivity contribution in [3.05, 3.63) is 41.2 Å². The summed E-state index contributed by atoms with van der Waals surface area (Å²) < 4.78 is 1.87. The molecule has 0 spiro atoms. The van der Waals surface area contributed by atoms with E-state index in [0.717, 1.165) is 31.9 Å². The molecule has 96 valence electrons. The first-order valence-corrected chi connectivity index (χ1v) is 6.31. The Morgan fingerprint density at radius 2 is 2.11 bits per heavy atom. The highest BCUT2D eigenvalue weighted by Gasteiger charge is 2.05. The molecule has 0 radical (unpaired) electrons. The number of aryl methyl sites for hydroxylation is 3. The Morgan fingerprint density at radius 1 is 1.28 bits per heavy atom. The molecule has 2 aromatic rings. The molecule has 0 amide bonds. The van der Waals surface area contributed by atoms with Crippen LogP contribution in [0.5, 0.6) is 0 Å². The molecule has 5 heteroatoms. The van der Waals surface area contributed by atoms with Crippen LogP contribution in [0.25, 0.3) is 0 Å². The quantitative estimate of drug-likeness (QED) is 0.834. The van der Waals surface area contributed by atoms with E-state index in [1.54, 1.807) is 0 Å². The fourth-order valence-corrected chi connectivity index (χ4v) is 1.88. The first-order chi connectivity index (χ1) is 8.81. The van der Waals surface area contributed by atoms with E-state index in [9.17, 15) is 0 Å². The van der Waals surface area contributed by atoms with E-state index >= 15 is 0 Å². The normalized spacial score (nSPS) is 10.8. The van der Waals surface area contributed by atoms with Crippen molar-refractivity contribution >= 4 is 0 Å². The van der Waals surface area contributed by atoms with Crippen LogP contribution in [0.2, 0.25) is 0 Å². The van der Waals surface area contributed by atoms with Crippen LogP contribution in [0.1, 0.15) is 23.9 Å². The number of hydrogen-bond donors (Lipinski definition) is 1. The number of benzene rings is 1. The smallest absolute Gasteiger partial charge is 0.165 e. The second kappa shape index (κ2) is 6.26. The molecule has 1 N–H and O–H groups in total. The van der Waals surface area contributed by atoms with E-state index in [1.807, 2.05) is 4.68 Å². The second-order valence-electron chi connectivity index (χ2n) is 4.28. The summed E-state index contributed by atoms with van der Waals surface area (Å²) in [4.78, 5) is 0. The summed E-state index contributed by atoms with van der Waals surface area (Å²) in [5.41, 5.74) is 2.67. The molecule has 0 saturated carbocycles. The van der Waals surface area contributed by atoms with Gasteiger partial charge in [0.1, 0.15) is 0 Å². The van der Waals surface area contributed by atoms with E-state index in [-0.39, 0.29) is 0 Å². The molecule has 0 aliphatic carbocycles. The molecular weight excluding hydrogens is 226 g/mol. The molecule has 1 aromatic heterocycles. The summed E-state index contributed by atoms with van der Waals surface area (Å²) in [6, 6.07) is 8.42. The van der Waals surface area contributed by atoms with Gasteiger partial charge in [-0.05, 0) is 41.4 Å². The summed E-state index contributed by atoms with van der Waals surface area (Å²) in [5, 5.41) is 15.0. The first-order valence-electron chi connectivity index (χ1n) is 6.31. The zero-order valence-electron chi connectivity index (χ0n) is 10.9. The van der Waals surface area contributed by atoms with Gasteiger partial charge >= 0.3 is 0 Å². The van der Waals surface area contributed by atoms with Crippen molar-refractivity contribution in [2.45, 2.75) is 33.4 Å². The predicted molar refractivity (Wildman–Crippen MR) is 70.1 cm³/mol. The van der Waals surface area contributed by atoms with Crippen molar-refractivity contribution in [2.24, 2.45) is 0 Å². The zero-order chi connectivity index (χ0) is 12.8. The minimum Gasteiger partial charge on any atom is -0.310 e. The maximum absolute atomic E-state index is 4.03. The van der Waals surface area contributed by atoms with E-state index in [2.05, 4.69) is 59.0 Å². The van der Waals surface area contributed by atoms with Gasteiger partial charge in [0.15, 0.2) is 5.82 Å². The summed E-state index contributed by atoms with van der Waals surface area (Å²) in [6.07, 6.45) is 0.955. The topological polar surface area (TPSA) is 55.6 Å². The lowest BCUT2D eigenvalue weighted by Crippen LogP contribution is -2.17. The second-order valence-corrected chi connectivity index (χ2v) is 4.28. The Balaban J connectivity index is 1.98. The third kappa shape index (κ3) is 3.13. The van der Waals surface area contributed by atoms with E-state index in [0.29, 0.717) is 0 Å². The molecule has 0 bridgehead atoms. The van der Waals surface area contributed by atoms with Crippen LogP contribution in [0.4, 0.5) is 0 Å². The molecule has 0 atom stereocenters. The summed E-state index contributed by atoms with van der Waals surface area (Å²) in [5.74, 6) is 0.894. The third-order valence-electron chi connectivity index (χ3n) is 2.99. The Labute approximate surface area is 107 Å². The van der Waals surface area contributed by atoms with Gasteiger partial charge in [0.05, 0.1) is 6.54 Å². The van der Waals surface area contributed by atoms with Gasteiger partial charge in [-0.15, -0.1) is 5.10 Å². The van der Waals surface area contributed by atoms with Crippen molar-refractivity contribution in [3.8, 4) is 0 Å². The Bertz CT molecular complexity index is 492. The molecule has 0 fully saturated rings. The highest BCUT2D eigenvalue weighted by Crippen LogP contribution is 2.08. The number of aromatic nitrogens is 4. The Hall–Kier alpha value is -1.75. The van der Waals surface area contributed by atoms with Crippen molar-refractivity contribution in [1.82, 2.24) is 25.5 Å². The average molecular weight is 245 g/mol. The van der Waals surface area contributed by atoms with Gasteiger partial charge in [-0.1, -0.05) is 31.2 Å². The molecule has 0 aliphatic rings. The lowest BCUT2D eigenvalue weighted by atomic mass is 10.1. The molecule has 1 aromatic carbocycles. The number of rotatable bonds is 6.